The van der Waals surface area contributed by atoms with Crippen LogP contribution in [0.1, 0.15) is 27.0 Å². The third kappa shape index (κ3) is 3.20. The lowest BCUT2D eigenvalue weighted by atomic mass is 9.98. The number of rotatable bonds is 4. The lowest BCUT2D eigenvalue weighted by molar-refractivity contribution is 0.0992. The number of hydrogen-bond acceptors (Lipinski definition) is 2. The summed E-state index contributed by atoms with van der Waals surface area (Å²) >= 11 is 6.06. The average Bonchev–Trinajstić information content (AvgIpc) is 2.42. The molecule has 3 heteroatoms. The number of ketones is 1. The van der Waals surface area contributed by atoms with Gasteiger partial charge in [-0.15, -0.1) is 0 Å². The Morgan fingerprint density at radius 3 is 2.55 bits per heavy atom. The molecule has 2 aromatic rings. The van der Waals surface area contributed by atoms with Gasteiger partial charge in [-0.25, -0.2) is 0 Å². The molecule has 0 spiro atoms. The van der Waals surface area contributed by atoms with Gasteiger partial charge in [-0.1, -0.05) is 35.4 Å². The Morgan fingerprint density at radius 2 is 1.90 bits per heavy atom. The highest BCUT2D eigenvalue weighted by Crippen LogP contribution is 2.25. The molecular formula is C17H17ClO2. The maximum Gasteiger partial charge on any atom is 0.167 e. The number of ether oxygens (including phenoxy) is 1. The van der Waals surface area contributed by atoms with Crippen LogP contribution in [-0.4, -0.2) is 12.9 Å². The number of benzene rings is 2. The second-order valence-corrected chi connectivity index (χ2v) is 5.29. The van der Waals surface area contributed by atoms with E-state index in [-0.39, 0.29) is 5.78 Å². The Bertz CT molecular complexity index is 647. The third-order valence-electron chi connectivity index (χ3n) is 3.33. The fourth-order valence-electron chi connectivity index (χ4n) is 2.11. The molecule has 2 aromatic carbocycles. The van der Waals surface area contributed by atoms with Crippen LogP contribution in [0.15, 0.2) is 36.4 Å². The van der Waals surface area contributed by atoms with Crippen molar-refractivity contribution >= 4 is 17.4 Å². The minimum atomic E-state index is 0.0586. The largest absolute Gasteiger partial charge is 0.495 e. The van der Waals surface area contributed by atoms with Crippen molar-refractivity contribution < 1.29 is 9.53 Å². The van der Waals surface area contributed by atoms with E-state index in [9.17, 15) is 4.79 Å². The smallest absolute Gasteiger partial charge is 0.167 e. The van der Waals surface area contributed by atoms with E-state index in [1.54, 1.807) is 25.3 Å². The summed E-state index contributed by atoms with van der Waals surface area (Å²) in [5.74, 6) is 0.637. The topological polar surface area (TPSA) is 26.3 Å². The molecule has 0 saturated heterocycles. The summed E-state index contributed by atoms with van der Waals surface area (Å²) < 4.78 is 5.09. The van der Waals surface area contributed by atoms with E-state index in [0.717, 1.165) is 16.7 Å². The maximum absolute atomic E-state index is 12.3. The van der Waals surface area contributed by atoms with Gasteiger partial charge < -0.3 is 4.74 Å². The van der Waals surface area contributed by atoms with Gasteiger partial charge in [0.1, 0.15) is 5.75 Å². The first kappa shape index (κ1) is 14.6. The van der Waals surface area contributed by atoms with Crippen molar-refractivity contribution in [3.05, 3.63) is 63.7 Å². The molecule has 0 bridgehead atoms. The van der Waals surface area contributed by atoms with Crippen LogP contribution in [0.5, 0.6) is 5.75 Å². The fourth-order valence-corrected chi connectivity index (χ4v) is 2.36. The number of halogens is 1. The lowest BCUT2D eigenvalue weighted by Crippen LogP contribution is -2.05. The van der Waals surface area contributed by atoms with Crippen molar-refractivity contribution in [1.29, 1.82) is 0 Å². The Morgan fingerprint density at radius 1 is 1.15 bits per heavy atom. The van der Waals surface area contributed by atoms with E-state index < -0.39 is 0 Å². The van der Waals surface area contributed by atoms with Crippen molar-refractivity contribution in [2.75, 3.05) is 7.11 Å². The van der Waals surface area contributed by atoms with Gasteiger partial charge in [0.05, 0.1) is 12.1 Å². The number of carbonyl (C=O) groups is 1. The second-order valence-electron chi connectivity index (χ2n) is 4.88. The quantitative estimate of drug-likeness (QED) is 0.780. The standard InChI is InChI=1S/C17H17ClO2/c1-11-4-5-12(2)14(8-11)10-16(19)13-6-7-17(20-3)15(18)9-13/h4-9H,10H2,1-3H3. The molecule has 0 aliphatic carbocycles. The summed E-state index contributed by atoms with van der Waals surface area (Å²) in [5, 5.41) is 0.458. The number of carbonyl (C=O) groups excluding carboxylic acids is 1. The highest BCUT2D eigenvalue weighted by molar-refractivity contribution is 6.32. The van der Waals surface area contributed by atoms with Gasteiger partial charge in [-0.05, 0) is 43.2 Å². The van der Waals surface area contributed by atoms with Gasteiger partial charge in [0.15, 0.2) is 5.78 Å². The molecule has 0 fully saturated rings. The molecule has 2 nitrogen and oxygen atoms in total. The van der Waals surface area contributed by atoms with Crippen LogP contribution in [0, 0.1) is 13.8 Å². The average molecular weight is 289 g/mol. The van der Waals surface area contributed by atoms with Crippen LogP contribution >= 0.6 is 11.6 Å². The first-order chi connectivity index (χ1) is 9.51. The molecule has 2 rings (SSSR count). The Hall–Kier alpha value is -1.80. The van der Waals surface area contributed by atoms with Crippen LogP contribution in [-0.2, 0) is 6.42 Å². The zero-order valence-corrected chi connectivity index (χ0v) is 12.6. The van der Waals surface area contributed by atoms with Crippen LogP contribution in [0.4, 0.5) is 0 Å². The number of hydrogen-bond donors (Lipinski definition) is 0. The van der Waals surface area contributed by atoms with E-state index >= 15 is 0 Å². The maximum atomic E-state index is 12.3. The van der Waals surface area contributed by atoms with Gasteiger partial charge in [-0.3, -0.25) is 4.79 Å². The highest BCUT2D eigenvalue weighted by atomic mass is 35.5. The molecule has 0 amide bonds. The molecule has 0 atom stereocenters. The minimum absolute atomic E-state index is 0.0586. The molecule has 0 unspecified atom stereocenters. The van der Waals surface area contributed by atoms with Gasteiger partial charge in [0.2, 0.25) is 0 Å². The van der Waals surface area contributed by atoms with Crippen LogP contribution in [0.2, 0.25) is 5.02 Å². The molecule has 104 valence electrons. The van der Waals surface area contributed by atoms with Crippen LogP contribution in [0.3, 0.4) is 0 Å². The molecule has 0 aromatic heterocycles. The first-order valence-corrected chi connectivity index (χ1v) is 6.82. The Labute approximate surface area is 124 Å². The molecule has 0 saturated carbocycles. The zero-order valence-electron chi connectivity index (χ0n) is 11.9. The van der Waals surface area contributed by atoms with Crippen molar-refractivity contribution in [3.63, 3.8) is 0 Å². The zero-order chi connectivity index (χ0) is 14.7. The highest BCUT2D eigenvalue weighted by Gasteiger charge is 2.11. The van der Waals surface area contributed by atoms with E-state index in [2.05, 4.69) is 6.07 Å². The fraction of sp³-hybridized carbons (Fsp3) is 0.235. The first-order valence-electron chi connectivity index (χ1n) is 6.44. The number of methoxy groups -OCH3 is 1. The molecule has 0 aliphatic heterocycles. The van der Waals surface area contributed by atoms with Crippen molar-refractivity contribution in [3.8, 4) is 5.75 Å². The van der Waals surface area contributed by atoms with Gasteiger partial charge in [-0.2, -0.15) is 0 Å². The van der Waals surface area contributed by atoms with Crippen LogP contribution in [0.25, 0.3) is 0 Å². The van der Waals surface area contributed by atoms with Crippen molar-refractivity contribution in [1.82, 2.24) is 0 Å². The SMILES string of the molecule is COc1ccc(C(=O)Cc2cc(C)ccc2C)cc1Cl. The monoisotopic (exact) mass is 288 g/mol. The molecule has 0 radical (unpaired) electrons. The molecule has 0 heterocycles. The van der Waals surface area contributed by atoms with Gasteiger partial charge in [0, 0.05) is 12.0 Å². The van der Waals surface area contributed by atoms with Gasteiger partial charge >= 0.3 is 0 Å². The summed E-state index contributed by atoms with van der Waals surface area (Å²) in [6.45, 7) is 4.04. The van der Waals surface area contributed by atoms with E-state index in [4.69, 9.17) is 16.3 Å². The van der Waals surface area contributed by atoms with Crippen LogP contribution < -0.4 is 4.74 Å². The summed E-state index contributed by atoms with van der Waals surface area (Å²) in [6.07, 6.45) is 0.385. The summed E-state index contributed by atoms with van der Waals surface area (Å²) in [4.78, 5) is 12.3. The summed E-state index contributed by atoms with van der Waals surface area (Å²) in [7, 11) is 1.55. The second kappa shape index (κ2) is 6.10. The van der Waals surface area contributed by atoms with E-state index in [1.165, 1.54) is 0 Å². The Kier molecular flexibility index (Phi) is 4.46. The number of aryl methyl sites for hydroxylation is 2. The normalized spacial score (nSPS) is 10.4. The molecule has 20 heavy (non-hydrogen) atoms. The molecular weight excluding hydrogens is 272 g/mol. The van der Waals surface area contributed by atoms with Gasteiger partial charge in [0.25, 0.3) is 0 Å². The lowest BCUT2D eigenvalue weighted by Gasteiger charge is -2.08. The van der Waals surface area contributed by atoms with Crippen molar-refractivity contribution in [2.45, 2.75) is 20.3 Å². The minimum Gasteiger partial charge on any atom is -0.495 e. The molecule has 0 N–H and O–H groups in total. The summed E-state index contributed by atoms with van der Waals surface area (Å²) in [6, 6.07) is 11.3. The van der Waals surface area contributed by atoms with Crippen molar-refractivity contribution in [2.24, 2.45) is 0 Å². The Balaban J connectivity index is 2.24. The predicted octanol–water partition coefficient (Wildman–Crippen LogP) is 4.39. The van der Waals surface area contributed by atoms with E-state index in [1.807, 2.05) is 26.0 Å². The summed E-state index contributed by atoms with van der Waals surface area (Å²) in [5.41, 5.74) is 3.95. The number of Topliss-reactive ketones (excluding diaryl/α,β-unsaturated/α-hetero) is 1. The van der Waals surface area contributed by atoms with E-state index in [0.29, 0.717) is 22.8 Å². The third-order valence-corrected chi connectivity index (χ3v) is 3.62. The predicted molar refractivity (Wildman–Crippen MR) is 82.0 cm³/mol. The molecule has 0 aliphatic rings.